The molecule has 4 heterocycles. The van der Waals surface area contributed by atoms with Crippen LogP contribution >= 0.6 is 0 Å². The summed E-state index contributed by atoms with van der Waals surface area (Å²) in [7, 11) is 0. The Kier molecular flexibility index (Phi) is 4.59. The molecule has 26 heavy (non-hydrogen) atoms. The summed E-state index contributed by atoms with van der Waals surface area (Å²) in [5.74, 6) is -0.608. The van der Waals surface area contributed by atoms with E-state index in [4.69, 9.17) is 29.1 Å². The molecule has 5 fully saturated rings. The van der Waals surface area contributed by atoms with E-state index in [0.717, 1.165) is 25.7 Å². The molecule has 4 aliphatic heterocycles. The number of hydrogen-bond acceptors (Lipinski definition) is 6. The van der Waals surface area contributed by atoms with Crippen LogP contribution in [0.4, 0.5) is 0 Å². The van der Waals surface area contributed by atoms with Gasteiger partial charge in [0.25, 0.3) is 0 Å². The first-order valence-corrected chi connectivity index (χ1v) is 9.82. The first-order valence-electron chi connectivity index (χ1n) is 9.82. The summed E-state index contributed by atoms with van der Waals surface area (Å²) >= 11 is 0. The van der Waals surface area contributed by atoms with Gasteiger partial charge in [-0.15, -0.1) is 0 Å². The molecule has 7 nitrogen and oxygen atoms in total. The molecule has 5 rings (SSSR count). The quantitative estimate of drug-likeness (QED) is 0.761. The molecule has 0 amide bonds. The zero-order valence-electron chi connectivity index (χ0n) is 16.0. The molecule has 0 aromatic heterocycles. The number of aliphatic carboxylic acids is 1. The summed E-state index contributed by atoms with van der Waals surface area (Å²) in [6.45, 7) is 8.03. The molecule has 7 heteroatoms. The Hall–Kier alpha value is -0.730. The topological polar surface area (TPSA) is 83.5 Å². The van der Waals surface area contributed by atoms with Gasteiger partial charge in [-0.3, -0.25) is 4.79 Å². The van der Waals surface area contributed by atoms with Gasteiger partial charge in [0.2, 0.25) is 5.79 Å². The van der Waals surface area contributed by atoms with Crippen LogP contribution in [0.5, 0.6) is 0 Å². The zero-order valence-corrected chi connectivity index (χ0v) is 16.0. The van der Waals surface area contributed by atoms with E-state index in [2.05, 4.69) is 13.8 Å². The molecule has 0 unspecified atom stereocenters. The van der Waals surface area contributed by atoms with Gasteiger partial charge in [0, 0.05) is 18.3 Å². The maximum absolute atomic E-state index is 11.0. The second kappa shape index (κ2) is 6.41. The third kappa shape index (κ3) is 2.79. The predicted octanol–water partition coefficient (Wildman–Crippen LogP) is 3.07. The first kappa shape index (κ1) is 18.6. The number of hydrogen-bond donors (Lipinski definition) is 1. The maximum atomic E-state index is 11.0. The number of fused-ring (bicyclic) bond motifs is 2. The number of ether oxygens (including phenoxy) is 3. The minimum Gasteiger partial charge on any atom is -0.481 e. The average molecular weight is 370 g/mol. The Balaban J connectivity index is 1.63. The van der Waals surface area contributed by atoms with E-state index in [-0.39, 0.29) is 18.3 Å². The number of rotatable bonds is 4. The van der Waals surface area contributed by atoms with Crippen molar-refractivity contribution in [3.05, 3.63) is 0 Å². The summed E-state index contributed by atoms with van der Waals surface area (Å²) in [4.78, 5) is 22.8. The van der Waals surface area contributed by atoms with Gasteiger partial charge in [-0.05, 0) is 44.9 Å². The highest BCUT2D eigenvalue weighted by molar-refractivity contribution is 5.67. The smallest absolute Gasteiger partial charge is 0.305 e. The van der Waals surface area contributed by atoms with Gasteiger partial charge in [-0.25, -0.2) is 9.78 Å². The second-order valence-corrected chi connectivity index (χ2v) is 8.82. The molecule has 1 N–H and O–H groups in total. The molecule has 0 aromatic carbocycles. The number of carboxylic acids is 1. The van der Waals surface area contributed by atoms with Crippen molar-refractivity contribution in [1.29, 1.82) is 0 Å². The van der Waals surface area contributed by atoms with Gasteiger partial charge in [-0.2, -0.15) is 0 Å². The van der Waals surface area contributed by atoms with E-state index < -0.39 is 36.0 Å². The average Bonchev–Trinajstić information content (AvgIpc) is 2.78. The first-order chi connectivity index (χ1) is 12.2. The fraction of sp³-hybridized carbons (Fsp3) is 0.947. The molecule has 1 aliphatic carbocycles. The van der Waals surface area contributed by atoms with Crippen molar-refractivity contribution in [2.75, 3.05) is 0 Å². The summed E-state index contributed by atoms with van der Waals surface area (Å²) in [5.41, 5.74) is -0.608. The van der Waals surface area contributed by atoms with E-state index in [0.29, 0.717) is 11.8 Å². The van der Waals surface area contributed by atoms with Crippen LogP contribution in [0.15, 0.2) is 0 Å². The maximum Gasteiger partial charge on any atom is 0.305 e. The van der Waals surface area contributed by atoms with Gasteiger partial charge < -0.3 is 19.3 Å². The minimum absolute atomic E-state index is 0.0507. The molecule has 9 atom stereocenters. The standard InChI is InChI=1S/C19H30O7/c1-10-5-6-14-12(3)16(22-11(2)9-15(20)21)23-17-19(14)13(10)7-8-18(4,24-17)25-26-19/h10-14,16-17H,5-9H2,1-4H3,(H,20,21)/t10-,11-,12-,13+,14+,16+,17-,18+,19-/m1/s1. The lowest BCUT2D eigenvalue weighted by atomic mass is 9.58. The fourth-order valence-corrected chi connectivity index (χ4v) is 5.55. The van der Waals surface area contributed by atoms with Crippen LogP contribution in [-0.4, -0.2) is 41.1 Å². The Morgan fingerprint density at radius 3 is 2.73 bits per heavy atom. The van der Waals surface area contributed by atoms with Crippen molar-refractivity contribution < 1.29 is 33.9 Å². The summed E-state index contributed by atoms with van der Waals surface area (Å²) in [5, 5.41) is 9.01. The van der Waals surface area contributed by atoms with Crippen molar-refractivity contribution in [3.63, 3.8) is 0 Å². The molecule has 1 saturated carbocycles. The summed E-state index contributed by atoms with van der Waals surface area (Å²) in [6, 6.07) is 0. The molecular formula is C19H30O7. The highest BCUT2D eigenvalue weighted by atomic mass is 17.3. The lowest BCUT2D eigenvalue weighted by Gasteiger charge is -2.60. The molecule has 1 spiro atoms. The van der Waals surface area contributed by atoms with Crippen molar-refractivity contribution >= 4 is 5.97 Å². The van der Waals surface area contributed by atoms with Crippen LogP contribution in [-0.2, 0) is 28.8 Å². The predicted molar refractivity (Wildman–Crippen MR) is 89.6 cm³/mol. The van der Waals surface area contributed by atoms with E-state index >= 15 is 0 Å². The van der Waals surface area contributed by atoms with Gasteiger partial charge in [0.15, 0.2) is 18.2 Å². The van der Waals surface area contributed by atoms with E-state index in [1.807, 2.05) is 6.92 Å². The molecule has 2 bridgehead atoms. The molecule has 0 radical (unpaired) electrons. The molecule has 0 aromatic rings. The molecule has 5 aliphatic rings. The Labute approximate surface area is 154 Å². The highest BCUT2D eigenvalue weighted by Gasteiger charge is 2.69. The lowest BCUT2D eigenvalue weighted by Crippen LogP contribution is -2.70. The van der Waals surface area contributed by atoms with Gasteiger partial charge >= 0.3 is 5.97 Å². The van der Waals surface area contributed by atoms with Gasteiger partial charge in [-0.1, -0.05) is 13.8 Å². The van der Waals surface area contributed by atoms with Gasteiger partial charge in [0.05, 0.1) is 12.5 Å². The van der Waals surface area contributed by atoms with E-state index in [9.17, 15) is 4.79 Å². The van der Waals surface area contributed by atoms with Crippen LogP contribution < -0.4 is 0 Å². The zero-order chi connectivity index (χ0) is 18.7. The molecule has 4 saturated heterocycles. The molecular weight excluding hydrogens is 340 g/mol. The largest absolute Gasteiger partial charge is 0.481 e. The second-order valence-electron chi connectivity index (χ2n) is 8.82. The molecule has 148 valence electrons. The van der Waals surface area contributed by atoms with E-state index in [1.54, 1.807) is 6.92 Å². The number of carbonyl (C=O) groups is 1. The van der Waals surface area contributed by atoms with Crippen LogP contribution in [0.3, 0.4) is 0 Å². The monoisotopic (exact) mass is 370 g/mol. The Bertz CT molecular complexity index is 568. The van der Waals surface area contributed by atoms with E-state index in [1.165, 1.54) is 0 Å². The Morgan fingerprint density at radius 1 is 1.23 bits per heavy atom. The van der Waals surface area contributed by atoms with Crippen molar-refractivity contribution in [3.8, 4) is 0 Å². The summed E-state index contributed by atoms with van der Waals surface area (Å²) in [6.07, 6.45) is 2.34. The summed E-state index contributed by atoms with van der Waals surface area (Å²) < 4.78 is 18.5. The SMILES string of the molecule is C[C@H]1[C@@H](O[C@H](C)CC(=O)O)O[C@@H]2O[C@]3(C)CC[C@H]4[C@H](C)CC[C@@H]1[C@@]24OO3. The van der Waals surface area contributed by atoms with Crippen molar-refractivity contribution in [2.24, 2.45) is 23.7 Å². The van der Waals surface area contributed by atoms with Crippen molar-refractivity contribution in [2.45, 2.75) is 89.9 Å². The fourth-order valence-electron chi connectivity index (χ4n) is 5.55. The minimum atomic E-state index is -0.877. The van der Waals surface area contributed by atoms with Crippen LogP contribution in [0.25, 0.3) is 0 Å². The third-order valence-electron chi connectivity index (χ3n) is 6.93. The van der Waals surface area contributed by atoms with Gasteiger partial charge in [0.1, 0.15) is 0 Å². The third-order valence-corrected chi connectivity index (χ3v) is 6.93. The lowest BCUT2D eigenvalue weighted by molar-refractivity contribution is -0.578. The van der Waals surface area contributed by atoms with Crippen molar-refractivity contribution in [1.82, 2.24) is 0 Å². The highest BCUT2D eigenvalue weighted by Crippen LogP contribution is 2.60. The van der Waals surface area contributed by atoms with Crippen LogP contribution in [0.1, 0.15) is 59.8 Å². The number of carboxylic acid groups (broad SMARTS) is 1. The normalized spacial score (nSPS) is 51.4. The van der Waals surface area contributed by atoms with Crippen LogP contribution in [0, 0.1) is 23.7 Å². The Morgan fingerprint density at radius 2 is 2.00 bits per heavy atom. The van der Waals surface area contributed by atoms with Crippen LogP contribution in [0.2, 0.25) is 0 Å².